The number of rotatable bonds is 6. The van der Waals surface area contributed by atoms with Crippen molar-refractivity contribution in [3.63, 3.8) is 0 Å². The van der Waals surface area contributed by atoms with Crippen molar-refractivity contribution in [1.82, 2.24) is 15.6 Å². The summed E-state index contributed by atoms with van der Waals surface area (Å²) >= 11 is 0. The van der Waals surface area contributed by atoms with E-state index in [0.29, 0.717) is 19.5 Å². The van der Waals surface area contributed by atoms with Crippen LogP contribution in [0.2, 0.25) is 0 Å². The maximum Gasteiger partial charge on any atom is 0.221 e. The van der Waals surface area contributed by atoms with Crippen LogP contribution in [0.3, 0.4) is 0 Å². The Bertz CT molecular complexity index is 313. The van der Waals surface area contributed by atoms with Crippen molar-refractivity contribution in [3.8, 4) is 0 Å². The number of carbonyl (C=O) groups excluding carboxylic acids is 1. The van der Waals surface area contributed by atoms with Gasteiger partial charge in [-0.15, -0.1) is 0 Å². The van der Waals surface area contributed by atoms with Crippen molar-refractivity contribution < 1.29 is 4.79 Å². The molecule has 88 valence electrons. The number of aromatic nitrogens is 1. The molecule has 4 heteroatoms. The molecule has 0 fully saturated rings. The maximum atomic E-state index is 11.2. The third-order valence-corrected chi connectivity index (χ3v) is 2.38. The van der Waals surface area contributed by atoms with Gasteiger partial charge in [-0.2, -0.15) is 0 Å². The van der Waals surface area contributed by atoms with Crippen LogP contribution in [0, 0.1) is 0 Å². The van der Waals surface area contributed by atoms with E-state index >= 15 is 0 Å². The molecule has 0 bridgehead atoms. The first-order valence-electron chi connectivity index (χ1n) is 5.64. The van der Waals surface area contributed by atoms with E-state index in [1.54, 1.807) is 12.4 Å². The van der Waals surface area contributed by atoms with Crippen LogP contribution in [0.15, 0.2) is 24.5 Å². The summed E-state index contributed by atoms with van der Waals surface area (Å²) < 4.78 is 0. The Kier molecular flexibility index (Phi) is 5.50. The maximum absolute atomic E-state index is 11.2. The lowest BCUT2D eigenvalue weighted by Crippen LogP contribution is -2.28. The fourth-order valence-electron chi connectivity index (χ4n) is 1.46. The van der Waals surface area contributed by atoms with Crippen molar-refractivity contribution >= 4 is 5.91 Å². The van der Waals surface area contributed by atoms with Crippen LogP contribution >= 0.6 is 0 Å². The first-order chi connectivity index (χ1) is 7.74. The Hall–Kier alpha value is -1.42. The van der Waals surface area contributed by atoms with E-state index in [0.717, 1.165) is 0 Å². The predicted octanol–water partition coefficient (Wildman–Crippen LogP) is 1.26. The molecule has 16 heavy (non-hydrogen) atoms. The SMILES string of the molecule is CCNC(=O)CCNC(C)c1ccncc1. The summed E-state index contributed by atoms with van der Waals surface area (Å²) in [6.07, 6.45) is 4.07. The molecule has 1 heterocycles. The molecule has 0 spiro atoms. The molecule has 1 atom stereocenters. The van der Waals surface area contributed by atoms with E-state index in [9.17, 15) is 4.79 Å². The topological polar surface area (TPSA) is 54.0 Å². The molecule has 1 aromatic heterocycles. The van der Waals surface area contributed by atoms with Crippen molar-refractivity contribution in [1.29, 1.82) is 0 Å². The molecule has 0 saturated heterocycles. The quantitative estimate of drug-likeness (QED) is 0.760. The Morgan fingerprint density at radius 3 is 2.75 bits per heavy atom. The second kappa shape index (κ2) is 6.95. The molecule has 0 aliphatic rings. The van der Waals surface area contributed by atoms with Crippen LogP contribution in [-0.4, -0.2) is 24.0 Å². The smallest absolute Gasteiger partial charge is 0.221 e. The molecule has 0 aromatic carbocycles. The molecule has 1 unspecified atom stereocenters. The van der Waals surface area contributed by atoms with Gasteiger partial charge < -0.3 is 10.6 Å². The van der Waals surface area contributed by atoms with Crippen molar-refractivity contribution in [2.24, 2.45) is 0 Å². The van der Waals surface area contributed by atoms with Gasteiger partial charge in [-0.05, 0) is 31.5 Å². The molecule has 1 amide bonds. The molecule has 0 aliphatic heterocycles. The molecule has 0 aliphatic carbocycles. The summed E-state index contributed by atoms with van der Waals surface area (Å²) in [5.41, 5.74) is 1.19. The van der Waals surface area contributed by atoms with Crippen LogP contribution in [0.4, 0.5) is 0 Å². The third kappa shape index (κ3) is 4.40. The van der Waals surface area contributed by atoms with E-state index < -0.39 is 0 Å². The van der Waals surface area contributed by atoms with Gasteiger partial charge in [0, 0.05) is 37.9 Å². The van der Waals surface area contributed by atoms with Crippen LogP contribution in [0.5, 0.6) is 0 Å². The number of hydrogen-bond donors (Lipinski definition) is 2. The standard InChI is InChI=1S/C12H19N3O/c1-3-14-12(16)6-9-15-10(2)11-4-7-13-8-5-11/h4-5,7-8,10,15H,3,6,9H2,1-2H3,(H,14,16). The molecule has 1 aromatic rings. The summed E-state index contributed by atoms with van der Waals surface area (Å²) in [4.78, 5) is 15.2. The zero-order chi connectivity index (χ0) is 11.8. The molecular formula is C12H19N3O. The van der Waals surface area contributed by atoms with E-state index in [2.05, 4.69) is 22.5 Å². The second-order valence-electron chi connectivity index (χ2n) is 3.66. The summed E-state index contributed by atoms with van der Waals surface area (Å²) in [5, 5.41) is 6.07. The molecule has 0 radical (unpaired) electrons. The fraction of sp³-hybridized carbons (Fsp3) is 0.500. The van der Waals surface area contributed by atoms with Gasteiger partial charge in [-0.25, -0.2) is 0 Å². The average Bonchev–Trinajstić information content (AvgIpc) is 2.30. The minimum atomic E-state index is 0.0944. The van der Waals surface area contributed by atoms with Gasteiger partial charge in [0.2, 0.25) is 5.91 Å². The number of nitrogens with one attached hydrogen (secondary N) is 2. The van der Waals surface area contributed by atoms with Gasteiger partial charge in [0.15, 0.2) is 0 Å². The van der Waals surface area contributed by atoms with Gasteiger partial charge >= 0.3 is 0 Å². The Morgan fingerprint density at radius 2 is 2.12 bits per heavy atom. The molecule has 2 N–H and O–H groups in total. The Morgan fingerprint density at radius 1 is 1.44 bits per heavy atom. The molecule has 4 nitrogen and oxygen atoms in total. The summed E-state index contributed by atoms with van der Waals surface area (Å²) in [6, 6.07) is 4.20. The Balaban J connectivity index is 2.26. The highest BCUT2D eigenvalue weighted by molar-refractivity contribution is 5.75. The van der Waals surface area contributed by atoms with E-state index in [-0.39, 0.29) is 11.9 Å². The monoisotopic (exact) mass is 221 g/mol. The highest BCUT2D eigenvalue weighted by Crippen LogP contribution is 2.09. The van der Waals surface area contributed by atoms with Crippen molar-refractivity contribution in [3.05, 3.63) is 30.1 Å². The predicted molar refractivity (Wildman–Crippen MR) is 64.0 cm³/mol. The van der Waals surface area contributed by atoms with Crippen LogP contribution in [-0.2, 0) is 4.79 Å². The van der Waals surface area contributed by atoms with Crippen LogP contribution < -0.4 is 10.6 Å². The third-order valence-electron chi connectivity index (χ3n) is 2.38. The first kappa shape index (κ1) is 12.6. The highest BCUT2D eigenvalue weighted by Gasteiger charge is 2.05. The number of pyridine rings is 1. The van der Waals surface area contributed by atoms with Crippen molar-refractivity contribution in [2.45, 2.75) is 26.3 Å². The average molecular weight is 221 g/mol. The summed E-state index contributed by atoms with van der Waals surface area (Å²) in [7, 11) is 0. The van der Waals surface area contributed by atoms with E-state index in [1.807, 2.05) is 19.1 Å². The highest BCUT2D eigenvalue weighted by atomic mass is 16.1. The number of hydrogen-bond acceptors (Lipinski definition) is 3. The van der Waals surface area contributed by atoms with Crippen LogP contribution in [0.1, 0.15) is 31.9 Å². The van der Waals surface area contributed by atoms with Gasteiger partial charge in [-0.3, -0.25) is 9.78 Å². The zero-order valence-corrected chi connectivity index (χ0v) is 9.86. The minimum absolute atomic E-state index is 0.0944. The van der Waals surface area contributed by atoms with Gasteiger partial charge in [-0.1, -0.05) is 0 Å². The van der Waals surface area contributed by atoms with Crippen LogP contribution in [0.25, 0.3) is 0 Å². The minimum Gasteiger partial charge on any atom is -0.356 e. The zero-order valence-electron chi connectivity index (χ0n) is 9.86. The summed E-state index contributed by atoms with van der Waals surface area (Å²) in [5.74, 6) is 0.0944. The largest absolute Gasteiger partial charge is 0.356 e. The number of amides is 1. The lowest BCUT2D eigenvalue weighted by molar-refractivity contribution is -0.120. The number of nitrogens with zero attached hydrogens (tertiary/aromatic N) is 1. The normalized spacial score (nSPS) is 12.1. The number of carbonyl (C=O) groups is 1. The molecular weight excluding hydrogens is 202 g/mol. The van der Waals surface area contributed by atoms with E-state index in [1.165, 1.54) is 5.56 Å². The second-order valence-corrected chi connectivity index (χ2v) is 3.66. The lowest BCUT2D eigenvalue weighted by Gasteiger charge is -2.13. The molecule has 0 saturated carbocycles. The lowest BCUT2D eigenvalue weighted by atomic mass is 10.1. The van der Waals surface area contributed by atoms with Gasteiger partial charge in [0.1, 0.15) is 0 Å². The van der Waals surface area contributed by atoms with E-state index in [4.69, 9.17) is 0 Å². The Labute approximate surface area is 96.5 Å². The fourth-order valence-corrected chi connectivity index (χ4v) is 1.46. The summed E-state index contributed by atoms with van der Waals surface area (Å²) in [6.45, 7) is 5.38. The van der Waals surface area contributed by atoms with Crippen molar-refractivity contribution in [2.75, 3.05) is 13.1 Å². The van der Waals surface area contributed by atoms with Gasteiger partial charge in [0.25, 0.3) is 0 Å². The first-order valence-corrected chi connectivity index (χ1v) is 5.64. The van der Waals surface area contributed by atoms with Gasteiger partial charge in [0.05, 0.1) is 0 Å². The molecule has 1 rings (SSSR count).